The van der Waals surface area contributed by atoms with Crippen LogP contribution >= 0.6 is 0 Å². The first-order valence-electron chi connectivity index (χ1n) is 8.83. The van der Waals surface area contributed by atoms with Gasteiger partial charge in [0.05, 0.1) is 5.56 Å². The Kier molecular flexibility index (Phi) is 5.98. The van der Waals surface area contributed by atoms with E-state index in [1.807, 2.05) is 45.9 Å². The Bertz CT molecular complexity index is 825. The minimum absolute atomic E-state index is 0.136. The van der Waals surface area contributed by atoms with Crippen LogP contribution < -0.4 is 5.73 Å². The van der Waals surface area contributed by atoms with E-state index in [9.17, 15) is 9.59 Å². The van der Waals surface area contributed by atoms with Gasteiger partial charge in [0.2, 0.25) is 0 Å². The monoisotopic (exact) mass is 352 g/mol. The molecule has 4 heteroatoms. The topological polar surface area (TPSA) is 63.4 Å². The number of nitrogens with two attached hydrogens (primary N) is 1. The molecule has 2 N–H and O–H groups in total. The number of nitrogens with zero attached hydrogens (tertiary/aromatic N) is 1. The van der Waals surface area contributed by atoms with Gasteiger partial charge in [0.1, 0.15) is 0 Å². The lowest BCUT2D eigenvalue weighted by molar-refractivity contribution is 0.0736. The van der Waals surface area contributed by atoms with E-state index in [-0.39, 0.29) is 17.1 Å². The predicted molar refractivity (Wildman–Crippen MR) is 106 cm³/mol. The van der Waals surface area contributed by atoms with E-state index >= 15 is 0 Å². The number of aryl methyl sites for hydroxylation is 2. The molecule has 2 aromatic carbocycles. The molecule has 0 radical (unpaired) electrons. The molecule has 0 bridgehead atoms. The molecule has 0 aromatic heterocycles. The average molecular weight is 352 g/mol. The molecule has 0 aliphatic heterocycles. The molecule has 138 valence electrons. The number of carbonyl (C=O) groups excluding carboxylic acids is 2. The van der Waals surface area contributed by atoms with Crippen LogP contribution in [0.25, 0.3) is 0 Å². The van der Waals surface area contributed by atoms with E-state index in [1.165, 1.54) is 0 Å². The van der Waals surface area contributed by atoms with E-state index in [2.05, 4.69) is 0 Å². The van der Waals surface area contributed by atoms with Gasteiger partial charge < -0.3 is 10.6 Å². The summed E-state index contributed by atoms with van der Waals surface area (Å²) in [6, 6.07) is 12.6. The Balaban J connectivity index is 2.36. The number of amides is 1. The molecular weight excluding hydrogens is 324 g/mol. The molecule has 1 amide bonds. The Hall–Kier alpha value is -2.46. The second-order valence-corrected chi connectivity index (χ2v) is 7.70. The van der Waals surface area contributed by atoms with E-state index in [0.717, 1.165) is 11.1 Å². The van der Waals surface area contributed by atoms with Crippen LogP contribution in [0.1, 0.15) is 51.3 Å². The Morgan fingerprint density at radius 1 is 1.00 bits per heavy atom. The van der Waals surface area contributed by atoms with Gasteiger partial charge in [0, 0.05) is 24.7 Å². The first-order valence-corrected chi connectivity index (χ1v) is 8.83. The van der Waals surface area contributed by atoms with Crippen molar-refractivity contribution in [1.82, 2.24) is 4.90 Å². The third kappa shape index (κ3) is 4.38. The van der Waals surface area contributed by atoms with Crippen LogP contribution in [-0.2, 0) is 0 Å². The number of hydrogen-bond donors (Lipinski definition) is 1. The summed E-state index contributed by atoms with van der Waals surface area (Å²) in [5.41, 5.74) is 9.24. The number of rotatable bonds is 6. The van der Waals surface area contributed by atoms with Crippen LogP contribution in [0.5, 0.6) is 0 Å². The van der Waals surface area contributed by atoms with Crippen molar-refractivity contribution < 1.29 is 9.59 Å². The van der Waals surface area contributed by atoms with Crippen LogP contribution in [0.4, 0.5) is 0 Å². The fourth-order valence-electron chi connectivity index (χ4n) is 2.89. The Morgan fingerprint density at radius 3 is 2.19 bits per heavy atom. The van der Waals surface area contributed by atoms with Crippen molar-refractivity contribution >= 4 is 11.7 Å². The lowest BCUT2D eigenvalue weighted by atomic mass is 9.92. The summed E-state index contributed by atoms with van der Waals surface area (Å²) in [5.74, 6) is -0.303. The molecule has 2 aromatic rings. The van der Waals surface area contributed by atoms with Crippen LogP contribution in [0.15, 0.2) is 42.5 Å². The minimum Gasteiger partial charge on any atom is -0.341 e. The first kappa shape index (κ1) is 19.9. The largest absolute Gasteiger partial charge is 0.341 e. The standard InChI is InChI=1S/C22H28N2O2/c1-15-10-11-17(12-16(15)2)20(25)18-8-6-7-9-19(18)21(26)24(5)14-22(3,4)13-23/h6-12H,13-14,23H2,1-5H3. The van der Waals surface area contributed by atoms with E-state index in [0.29, 0.717) is 29.8 Å². The molecule has 0 atom stereocenters. The van der Waals surface area contributed by atoms with Gasteiger partial charge in [-0.2, -0.15) is 0 Å². The molecule has 0 unspecified atom stereocenters. The predicted octanol–water partition coefficient (Wildman–Crippen LogP) is 3.59. The molecule has 0 saturated carbocycles. The number of ketones is 1. The number of hydrogen-bond acceptors (Lipinski definition) is 3. The summed E-state index contributed by atoms with van der Waals surface area (Å²) in [6.07, 6.45) is 0. The average Bonchev–Trinajstić information content (AvgIpc) is 2.62. The van der Waals surface area contributed by atoms with Crippen molar-refractivity contribution in [3.05, 3.63) is 70.3 Å². The van der Waals surface area contributed by atoms with Gasteiger partial charge in [0.25, 0.3) is 5.91 Å². The summed E-state index contributed by atoms with van der Waals surface area (Å²) >= 11 is 0. The molecule has 0 saturated heterocycles. The Morgan fingerprint density at radius 2 is 1.62 bits per heavy atom. The lowest BCUT2D eigenvalue weighted by Crippen LogP contribution is -2.40. The van der Waals surface area contributed by atoms with E-state index < -0.39 is 0 Å². The quantitative estimate of drug-likeness (QED) is 0.808. The number of carbonyl (C=O) groups is 2. The van der Waals surface area contributed by atoms with Crippen molar-refractivity contribution in [2.45, 2.75) is 27.7 Å². The van der Waals surface area contributed by atoms with Gasteiger partial charge in [0.15, 0.2) is 5.78 Å². The molecule has 0 spiro atoms. The third-order valence-electron chi connectivity index (χ3n) is 4.74. The van der Waals surface area contributed by atoms with Crippen LogP contribution in [0.2, 0.25) is 0 Å². The van der Waals surface area contributed by atoms with Gasteiger partial charge >= 0.3 is 0 Å². The lowest BCUT2D eigenvalue weighted by Gasteiger charge is -2.29. The highest BCUT2D eigenvalue weighted by atomic mass is 16.2. The fourth-order valence-corrected chi connectivity index (χ4v) is 2.89. The van der Waals surface area contributed by atoms with Crippen molar-refractivity contribution in [3.63, 3.8) is 0 Å². The summed E-state index contributed by atoms with van der Waals surface area (Å²) in [6.45, 7) is 9.02. The highest BCUT2D eigenvalue weighted by Gasteiger charge is 2.25. The zero-order chi connectivity index (χ0) is 19.5. The molecule has 26 heavy (non-hydrogen) atoms. The van der Waals surface area contributed by atoms with Crippen molar-refractivity contribution in [3.8, 4) is 0 Å². The van der Waals surface area contributed by atoms with E-state index in [1.54, 1.807) is 36.2 Å². The SMILES string of the molecule is Cc1ccc(C(=O)c2ccccc2C(=O)N(C)CC(C)(C)CN)cc1C. The normalized spacial score (nSPS) is 11.3. The highest BCUT2D eigenvalue weighted by Crippen LogP contribution is 2.20. The van der Waals surface area contributed by atoms with Gasteiger partial charge in [-0.3, -0.25) is 9.59 Å². The smallest absolute Gasteiger partial charge is 0.254 e. The molecule has 0 aliphatic carbocycles. The summed E-state index contributed by atoms with van der Waals surface area (Å²) in [4.78, 5) is 27.6. The molecule has 0 fully saturated rings. The minimum atomic E-state index is -0.183. The second-order valence-electron chi connectivity index (χ2n) is 7.70. The van der Waals surface area contributed by atoms with Crippen LogP contribution in [0.3, 0.4) is 0 Å². The maximum Gasteiger partial charge on any atom is 0.254 e. The maximum absolute atomic E-state index is 13.0. The zero-order valence-corrected chi connectivity index (χ0v) is 16.3. The third-order valence-corrected chi connectivity index (χ3v) is 4.74. The van der Waals surface area contributed by atoms with Gasteiger partial charge in [-0.1, -0.05) is 44.2 Å². The fraction of sp³-hybridized carbons (Fsp3) is 0.364. The number of benzene rings is 2. The van der Waals surface area contributed by atoms with Gasteiger partial charge in [-0.25, -0.2) is 0 Å². The first-order chi connectivity index (χ1) is 12.2. The summed E-state index contributed by atoms with van der Waals surface area (Å²) in [7, 11) is 1.75. The van der Waals surface area contributed by atoms with Crippen molar-refractivity contribution in [2.75, 3.05) is 20.1 Å². The van der Waals surface area contributed by atoms with Crippen LogP contribution in [0, 0.1) is 19.3 Å². The van der Waals surface area contributed by atoms with E-state index in [4.69, 9.17) is 5.73 Å². The second kappa shape index (κ2) is 7.83. The zero-order valence-electron chi connectivity index (χ0n) is 16.3. The van der Waals surface area contributed by atoms with Crippen molar-refractivity contribution in [1.29, 1.82) is 0 Å². The molecule has 0 aliphatic rings. The molecular formula is C22H28N2O2. The highest BCUT2D eigenvalue weighted by molar-refractivity contribution is 6.15. The molecule has 0 heterocycles. The maximum atomic E-state index is 13.0. The van der Waals surface area contributed by atoms with Gasteiger partial charge in [-0.15, -0.1) is 0 Å². The van der Waals surface area contributed by atoms with Crippen LogP contribution in [-0.4, -0.2) is 36.7 Å². The van der Waals surface area contributed by atoms with Gasteiger partial charge in [-0.05, 0) is 49.1 Å². The Labute approximate surface area is 156 Å². The molecule has 2 rings (SSSR count). The van der Waals surface area contributed by atoms with Crippen molar-refractivity contribution in [2.24, 2.45) is 11.1 Å². The summed E-state index contributed by atoms with van der Waals surface area (Å²) in [5, 5.41) is 0. The summed E-state index contributed by atoms with van der Waals surface area (Å²) < 4.78 is 0. The molecule has 4 nitrogen and oxygen atoms in total.